The molecule has 276 valence electrons. The molecule has 0 saturated carbocycles. The molecule has 2 aromatic rings. The van der Waals surface area contributed by atoms with Crippen molar-refractivity contribution in [2.45, 2.75) is 0 Å². The number of ether oxygens (including phenoxy) is 4. The molecule has 0 fully saturated rings. The molecule has 0 saturated heterocycles. The van der Waals surface area contributed by atoms with Crippen molar-refractivity contribution >= 4 is 43.8 Å². The van der Waals surface area contributed by atoms with Gasteiger partial charge in [0.1, 0.15) is 26.4 Å². The number of rotatable bonds is 4. The molecule has 4 heterocycles. The van der Waals surface area contributed by atoms with Crippen LogP contribution in [0.4, 0.5) is 0 Å². The predicted molar refractivity (Wildman–Crippen MR) is 170 cm³/mol. The van der Waals surface area contributed by atoms with Crippen LogP contribution in [-0.4, -0.2) is 139 Å². The summed E-state index contributed by atoms with van der Waals surface area (Å²) in [5, 5.41) is 14.0. The average Bonchev–Trinajstić information content (AvgIpc) is 3.86. The van der Waals surface area contributed by atoms with Crippen molar-refractivity contribution < 1.29 is 99.9 Å². The summed E-state index contributed by atoms with van der Waals surface area (Å²) in [5.74, 6) is 2.89. The molecule has 0 atom stereocenters. The number of benzene rings is 2. The van der Waals surface area contributed by atoms with Gasteiger partial charge in [-0.15, -0.1) is 0 Å². The Kier molecular flexibility index (Phi) is 25.3. The van der Waals surface area contributed by atoms with Crippen molar-refractivity contribution in [1.82, 2.24) is 0 Å². The summed E-state index contributed by atoms with van der Waals surface area (Å²) >= 11 is 0. The number of aliphatic imine (C=N–C) groups is 4. The number of aliphatic hydroxyl groups is 2. The molecule has 16 nitrogen and oxygen atoms in total. The van der Waals surface area contributed by atoms with Crippen molar-refractivity contribution in [3.63, 3.8) is 0 Å². The summed E-state index contributed by atoms with van der Waals surface area (Å²) in [4.78, 5) is 17.1. The van der Waals surface area contributed by atoms with Crippen LogP contribution in [0, 0.1) is 0 Å². The molecule has 0 aromatic heterocycles. The third-order valence-corrected chi connectivity index (χ3v) is 5.05. The summed E-state index contributed by atoms with van der Waals surface area (Å²) in [6.07, 6.45) is 1.21. The zero-order chi connectivity index (χ0) is 34.6. The number of hydrogen-bond acceptors (Lipinski definition) is 16. The third-order valence-electron chi connectivity index (χ3n) is 5.05. The maximum Gasteiger partial charge on any atom is 1.00 e. The van der Waals surface area contributed by atoms with Crippen molar-refractivity contribution in [2.75, 3.05) is 79.3 Å². The van der Waals surface area contributed by atoms with Gasteiger partial charge in [0.25, 0.3) is 0 Å². The van der Waals surface area contributed by atoms with E-state index in [9.17, 15) is 0 Å². The fraction of sp³-hybridized carbons (Fsp3) is 0.429. The average molecular weight is 902 g/mol. The van der Waals surface area contributed by atoms with Gasteiger partial charge in [-0.05, 0) is 36.4 Å². The van der Waals surface area contributed by atoms with Gasteiger partial charge in [0.05, 0.1) is 46.4 Å². The molecule has 0 spiro atoms. The van der Waals surface area contributed by atoms with Crippen LogP contribution >= 0.6 is 0 Å². The number of hydrogen-bond donors (Lipinski definition) is 2. The topological polar surface area (TPSA) is 241 Å². The Hall–Kier alpha value is -2.46. The standard InChI is InChI=1S/2C12H12N2O2.2CH4O3S.2CH4O.2Ag/c2*1-2-9(11-13-4-6-15-11)8-10(3-1)12-14-5-7-16-12;2*1-5(2,3)4;2*1-2;;/h2*1-3,8H,4-7H2;2*1H3,(H,2,3,4);2*2H,1H3;;/q;;;;;;2*+1/p-2. The molecule has 2 aromatic carbocycles. The molecule has 4 aliphatic heterocycles. The van der Waals surface area contributed by atoms with E-state index >= 15 is 0 Å². The molecule has 48 heavy (non-hydrogen) atoms. The van der Waals surface area contributed by atoms with Crippen molar-refractivity contribution in [1.29, 1.82) is 0 Å². The van der Waals surface area contributed by atoms with Gasteiger partial charge in [-0.2, -0.15) is 0 Å². The second kappa shape index (κ2) is 25.5. The molecule has 20 heteroatoms. The predicted octanol–water partition coefficient (Wildman–Crippen LogP) is 0.0152. The first kappa shape index (κ1) is 47.7. The van der Waals surface area contributed by atoms with Crippen LogP contribution < -0.4 is 0 Å². The Morgan fingerprint density at radius 1 is 0.521 bits per heavy atom. The smallest absolute Gasteiger partial charge is 0.748 e. The molecular weight excluding hydrogens is 864 g/mol. The molecular formula is C28H38Ag2N4O12S2. The van der Waals surface area contributed by atoms with Crippen LogP contribution in [0.1, 0.15) is 22.3 Å². The molecule has 4 aliphatic rings. The van der Waals surface area contributed by atoms with E-state index in [2.05, 4.69) is 20.0 Å². The molecule has 0 amide bonds. The second-order valence-electron chi connectivity index (χ2n) is 8.71. The van der Waals surface area contributed by atoms with Gasteiger partial charge in [0.15, 0.2) is 0 Å². The Labute approximate surface area is 311 Å². The van der Waals surface area contributed by atoms with Gasteiger partial charge in [0, 0.05) is 49.0 Å². The van der Waals surface area contributed by atoms with E-state index in [-0.39, 0.29) is 44.8 Å². The molecule has 2 N–H and O–H groups in total. The molecule has 0 radical (unpaired) electrons. The van der Waals surface area contributed by atoms with E-state index in [0.29, 0.717) is 38.9 Å². The summed E-state index contributed by atoms with van der Waals surface area (Å²) in [6, 6.07) is 15.9. The minimum Gasteiger partial charge on any atom is -0.748 e. The fourth-order valence-electron chi connectivity index (χ4n) is 3.61. The van der Waals surface area contributed by atoms with Crippen LogP contribution in [0.25, 0.3) is 0 Å². The largest absolute Gasteiger partial charge is 1.00 e. The van der Waals surface area contributed by atoms with Crippen molar-refractivity contribution in [2.24, 2.45) is 20.0 Å². The van der Waals surface area contributed by atoms with Crippen LogP contribution in [0.5, 0.6) is 0 Å². The summed E-state index contributed by atoms with van der Waals surface area (Å²) < 4.78 is 76.2. The third kappa shape index (κ3) is 20.8. The Morgan fingerprint density at radius 2 is 0.708 bits per heavy atom. The van der Waals surface area contributed by atoms with E-state index in [1.807, 2.05) is 48.5 Å². The minimum absolute atomic E-state index is 0. The van der Waals surface area contributed by atoms with E-state index in [4.69, 9.17) is 55.1 Å². The zero-order valence-electron chi connectivity index (χ0n) is 26.5. The second-order valence-corrected chi connectivity index (χ2v) is 11.5. The van der Waals surface area contributed by atoms with Gasteiger partial charge in [-0.25, -0.2) is 36.8 Å². The molecule has 6 rings (SSSR count). The fourth-order valence-corrected chi connectivity index (χ4v) is 3.61. The maximum atomic E-state index is 9.08. The normalized spacial score (nSPS) is 15.2. The summed E-state index contributed by atoms with van der Waals surface area (Å²) in [7, 11) is -5.83. The number of aliphatic hydroxyl groups excluding tert-OH is 2. The number of nitrogens with zero attached hydrogens (tertiary/aromatic N) is 4. The zero-order valence-corrected chi connectivity index (χ0v) is 31.1. The molecule has 0 unspecified atom stereocenters. The van der Waals surface area contributed by atoms with E-state index in [1.54, 1.807) is 0 Å². The Morgan fingerprint density at radius 3 is 0.854 bits per heavy atom. The first-order valence-electron chi connectivity index (χ1n) is 13.5. The molecule has 0 bridgehead atoms. The Bertz CT molecular complexity index is 1370. The molecule has 0 aliphatic carbocycles. The first-order chi connectivity index (χ1) is 21.9. The SMILES string of the molecule is CO.CO.CS(=O)(=O)[O-].CS(=O)(=O)[O-].[Ag+].[Ag+].c1cc(C2=NCCO2)cc(C2=NCCO2)c1.c1cc(C2=NCCO2)cc(C2=NCCO2)c1. The summed E-state index contributed by atoms with van der Waals surface area (Å²) in [5.41, 5.74) is 3.97. The van der Waals surface area contributed by atoms with Gasteiger partial charge >= 0.3 is 44.8 Å². The van der Waals surface area contributed by atoms with Crippen LogP contribution in [0.2, 0.25) is 0 Å². The van der Waals surface area contributed by atoms with Crippen LogP contribution in [0.15, 0.2) is 68.5 Å². The quantitative estimate of drug-likeness (QED) is 0.305. The monoisotopic (exact) mass is 900 g/mol. The summed E-state index contributed by atoms with van der Waals surface area (Å²) in [6.45, 7) is 5.70. The van der Waals surface area contributed by atoms with E-state index in [1.165, 1.54) is 0 Å². The van der Waals surface area contributed by atoms with Crippen molar-refractivity contribution in [3.05, 3.63) is 70.8 Å². The van der Waals surface area contributed by atoms with Gasteiger partial charge in [0.2, 0.25) is 23.6 Å². The Balaban J connectivity index is 0. The van der Waals surface area contributed by atoms with Gasteiger partial charge < -0.3 is 38.3 Å². The first-order valence-corrected chi connectivity index (χ1v) is 17.1. The van der Waals surface area contributed by atoms with Gasteiger partial charge in [-0.3, -0.25) is 0 Å². The van der Waals surface area contributed by atoms with Gasteiger partial charge in [-0.1, -0.05) is 12.1 Å². The minimum atomic E-state index is -3.92. The van der Waals surface area contributed by atoms with Crippen molar-refractivity contribution in [3.8, 4) is 0 Å². The van der Waals surface area contributed by atoms with Crippen LogP contribution in [-0.2, 0) is 83.9 Å². The van der Waals surface area contributed by atoms with E-state index in [0.717, 1.165) is 86.2 Å². The van der Waals surface area contributed by atoms with E-state index < -0.39 is 20.2 Å². The van der Waals surface area contributed by atoms with Crippen LogP contribution in [0.3, 0.4) is 0 Å². The maximum absolute atomic E-state index is 9.08.